The fourth-order valence-corrected chi connectivity index (χ4v) is 4.56. The molecule has 0 radical (unpaired) electrons. The highest BCUT2D eigenvalue weighted by atomic mass is 16.3. The molecule has 182 valence electrons. The van der Waals surface area contributed by atoms with Crippen LogP contribution < -0.4 is 16.6 Å². The summed E-state index contributed by atoms with van der Waals surface area (Å²) in [7, 11) is 2.11. The van der Waals surface area contributed by atoms with Gasteiger partial charge in [-0.3, -0.25) is 9.78 Å². The molecule has 0 unspecified atom stereocenters. The Kier molecular flexibility index (Phi) is 7.13. The van der Waals surface area contributed by atoms with Crippen LogP contribution >= 0.6 is 0 Å². The van der Waals surface area contributed by atoms with Crippen LogP contribution in [0.5, 0.6) is 0 Å². The van der Waals surface area contributed by atoms with Gasteiger partial charge in [0.15, 0.2) is 5.82 Å². The molecule has 4 heterocycles. The fraction of sp³-hybridized carbons (Fsp3) is 0.520. The normalized spacial score (nSPS) is 17.1. The van der Waals surface area contributed by atoms with Crippen molar-refractivity contribution >= 4 is 22.8 Å². The lowest BCUT2D eigenvalue weighted by molar-refractivity contribution is 0.212. The van der Waals surface area contributed by atoms with Gasteiger partial charge in [-0.25, -0.2) is 4.98 Å². The summed E-state index contributed by atoms with van der Waals surface area (Å²) in [5.74, 6) is 0.627. The summed E-state index contributed by atoms with van der Waals surface area (Å²) in [6, 6.07) is 5.74. The van der Waals surface area contributed by atoms with Gasteiger partial charge in [-0.05, 0) is 64.0 Å². The van der Waals surface area contributed by atoms with Gasteiger partial charge >= 0.3 is 0 Å². The van der Waals surface area contributed by atoms with Crippen molar-refractivity contribution in [3.05, 3.63) is 40.9 Å². The maximum atomic E-state index is 12.9. The number of aromatic nitrogens is 4. The van der Waals surface area contributed by atoms with Crippen LogP contribution in [0.4, 0.5) is 11.8 Å². The van der Waals surface area contributed by atoms with Crippen LogP contribution in [0.1, 0.15) is 52.0 Å². The highest BCUT2D eigenvalue weighted by molar-refractivity contribution is 5.89. The van der Waals surface area contributed by atoms with Crippen LogP contribution in [0.15, 0.2) is 35.4 Å². The molecule has 1 aliphatic rings. The number of nitrogen functional groups attached to an aromatic ring is 1. The van der Waals surface area contributed by atoms with E-state index in [4.69, 9.17) is 5.73 Å². The maximum absolute atomic E-state index is 12.9. The third-order valence-electron chi connectivity index (χ3n) is 6.77. The molecule has 3 aromatic heterocycles. The molecule has 4 N–H and O–H groups in total. The molecule has 0 spiro atoms. The average Bonchev–Trinajstić information content (AvgIpc) is 2.83. The van der Waals surface area contributed by atoms with Crippen LogP contribution in [0.25, 0.3) is 22.2 Å². The Balaban J connectivity index is 1.64. The van der Waals surface area contributed by atoms with E-state index in [1.54, 1.807) is 12.3 Å². The van der Waals surface area contributed by atoms with Crippen LogP contribution in [-0.4, -0.2) is 61.8 Å². The van der Waals surface area contributed by atoms with Crippen molar-refractivity contribution in [2.45, 2.75) is 57.5 Å². The zero-order chi connectivity index (χ0) is 24.3. The van der Waals surface area contributed by atoms with Crippen molar-refractivity contribution < 1.29 is 5.11 Å². The average molecular weight is 466 g/mol. The van der Waals surface area contributed by atoms with Crippen molar-refractivity contribution in [3.63, 3.8) is 0 Å². The largest absolute Gasteiger partial charge is 0.394 e. The monoisotopic (exact) mass is 465 g/mol. The van der Waals surface area contributed by atoms with Gasteiger partial charge in [-0.1, -0.05) is 19.8 Å². The lowest BCUT2D eigenvalue weighted by Crippen LogP contribution is -2.39. The van der Waals surface area contributed by atoms with Crippen molar-refractivity contribution in [3.8, 4) is 11.1 Å². The number of nitrogens with one attached hydrogen (secondary N) is 1. The van der Waals surface area contributed by atoms with Crippen molar-refractivity contribution in [2.75, 3.05) is 37.8 Å². The molecule has 4 rings (SSSR count). The van der Waals surface area contributed by atoms with Gasteiger partial charge in [-0.2, -0.15) is 4.98 Å². The van der Waals surface area contributed by atoms with E-state index in [1.807, 2.05) is 29.8 Å². The minimum atomic E-state index is -0.539. The third kappa shape index (κ3) is 5.20. The molecule has 1 saturated heterocycles. The standard InChI is InChI=1S/C25H35N7O2/c1-4-5-9-25(2,16-33)30-23-22-20(28-24(26)29-23)13-18(15-27-22)17-6-12-32(21(34)14-17)19-7-10-31(3)11-8-19/h6,12-15,19,33H,4-5,7-11,16H2,1-3H3,(H3,26,28,29,30)/t25-/m1/s1. The highest BCUT2D eigenvalue weighted by Crippen LogP contribution is 2.28. The molecule has 9 heteroatoms. The Hall–Kier alpha value is -3.04. The molecule has 0 aromatic carbocycles. The molecular formula is C25H35N7O2. The molecule has 0 aliphatic carbocycles. The number of nitrogens with two attached hydrogens (primary N) is 1. The molecule has 1 atom stereocenters. The first-order valence-electron chi connectivity index (χ1n) is 12.1. The smallest absolute Gasteiger partial charge is 0.251 e. The van der Waals surface area contributed by atoms with E-state index < -0.39 is 5.54 Å². The molecule has 1 aliphatic heterocycles. The Bertz CT molecular complexity index is 1200. The van der Waals surface area contributed by atoms with E-state index >= 15 is 0 Å². The predicted molar refractivity (Wildman–Crippen MR) is 136 cm³/mol. The van der Waals surface area contributed by atoms with Crippen molar-refractivity contribution in [2.24, 2.45) is 0 Å². The van der Waals surface area contributed by atoms with Gasteiger partial charge in [0.1, 0.15) is 5.52 Å². The highest BCUT2D eigenvalue weighted by Gasteiger charge is 2.25. The quantitative estimate of drug-likeness (QED) is 0.464. The van der Waals surface area contributed by atoms with Crippen molar-refractivity contribution in [1.29, 1.82) is 0 Å². The molecule has 3 aromatic rings. The predicted octanol–water partition coefficient (Wildman–Crippen LogP) is 3.06. The molecule has 0 amide bonds. The number of rotatable bonds is 8. The summed E-state index contributed by atoms with van der Waals surface area (Å²) in [6.07, 6.45) is 8.36. The summed E-state index contributed by atoms with van der Waals surface area (Å²) in [4.78, 5) is 28.5. The van der Waals surface area contributed by atoms with E-state index in [9.17, 15) is 9.90 Å². The summed E-state index contributed by atoms with van der Waals surface area (Å²) < 4.78 is 1.85. The minimum Gasteiger partial charge on any atom is -0.394 e. The van der Waals surface area contributed by atoms with Gasteiger partial charge < -0.3 is 25.6 Å². The maximum Gasteiger partial charge on any atom is 0.251 e. The number of likely N-dealkylation sites (tertiary alicyclic amines) is 1. The van der Waals surface area contributed by atoms with Gasteiger partial charge in [0, 0.05) is 30.1 Å². The number of unbranched alkanes of at least 4 members (excludes halogenated alkanes) is 1. The first-order chi connectivity index (χ1) is 16.3. The fourth-order valence-electron chi connectivity index (χ4n) is 4.56. The Labute approximate surface area is 200 Å². The zero-order valence-electron chi connectivity index (χ0n) is 20.3. The van der Waals surface area contributed by atoms with Gasteiger partial charge in [-0.15, -0.1) is 0 Å². The number of nitrogens with zero attached hydrogens (tertiary/aromatic N) is 5. The van der Waals surface area contributed by atoms with E-state index in [2.05, 4.69) is 39.1 Å². The number of hydrogen-bond donors (Lipinski definition) is 3. The lowest BCUT2D eigenvalue weighted by Gasteiger charge is -2.30. The molecule has 34 heavy (non-hydrogen) atoms. The van der Waals surface area contributed by atoms with Gasteiger partial charge in [0.25, 0.3) is 5.56 Å². The van der Waals surface area contributed by atoms with Gasteiger partial charge in [0.05, 0.1) is 17.7 Å². The van der Waals surface area contributed by atoms with E-state index in [0.717, 1.165) is 56.3 Å². The first kappa shape index (κ1) is 24.1. The summed E-state index contributed by atoms with van der Waals surface area (Å²) >= 11 is 0. The number of hydrogen-bond acceptors (Lipinski definition) is 8. The second kappa shape index (κ2) is 10.1. The molecule has 0 saturated carbocycles. The van der Waals surface area contributed by atoms with E-state index in [1.165, 1.54) is 0 Å². The minimum absolute atomic E-state index is 0.00802. The first-order valence-corrected chi connectivity index (χ1v) is 12.1. The second-order valence-corrected chi connectivity index (χ2v) is 9.66. The van der Waals surface area contributed by atoms with Crippen LogP contribution in [-0.2, 0) is 0 Å². The number of aliphatic hydroxyl groups is 1. The van der Waals surface area contributed by atoms with Crippen LogP contribution in [0.2, 0.25) is 0 Å². The number of fused-ring (bicyclic) bond motifs is 1. The van der Waals surface area contributed by atoms with Crippen LogP contribution in [0, 0.1) is 0 Å². The van der Waals surface area contributed by atoms with E-state index in [0.29, 0.717) is 16.9 Å². The topological polar surface area (TPSA) is 122 Å². The zero-order valence-corrected chi connectivity index (χ0v) is 20.3. The van der Waals surface area contributed by atoms with Crippen molar-refractivity contribution in [1.82, 2.24) is 24.4 Å². The second-order valence-electron chi connectivity index (χ2n) is 9.66. The van der Waals surface area contributed by atoms with E-state index in [-0.39, 0.29) is 24.2 Å². The summed E-state index contributed by atoms with van der Waals surface area (Å²) in [5.41, 5.74) is 8.20. The number of anilines is 2. The number of aliphatic hydroxyl groups excluding tert-OH is 1. The van der Waals surface area contributed by atoms with Crippen LogP contribution in [0.3, 0.4) is 0 Å². The molecule has 9 nitrogen and oxygen atoms in total. The Morgan fingerprint density at radius 1 is 1.24 bits per heavy atom. The lowest BCUT2D eigenvalue weighted by atomic mass is 9.96. The molecule has 1 fully saturated rings. The van der Waals surface area contributed by atoms with Gasteiger partial charge in [0.2, 0.25) is 5.95 Å². The Morgan fingerprint density at radius 2 is 2.00 bits per heavy atom. The summed E-state index contributed by atoms with van der Waals surface area (Å²) in [5, 5.41) is 13.3. The number of piperidine rings is 1. The summed E-state index contributed by atoms with van der Waals surface area (Å²) in [6.45, 7) is 6.03. The molecule has 0 bridgehead atoms. The SMILES string of the molecule is CCCC[C@](C)(CO)Nc1nc(N)nc2cc(-c3ccn(C4CCN(C)CC4)c(=O)c3)cnc12. The third-order valence-corrected chi connectivity index (χ3v) is 6.77. The Morgan fingerprint density at radius 3 is 2.68 bits per heavy atom. The molecular weight excluding hydrogens is 430 g/mol. The number of pyridine rings is 2.